The Morgan fingerprint density at radius 1 is 0.833 bits per heavy atom. The first-order chi connectivity index (χ1) is 8.27. The second kappa shape index (κ2) is 5.67. The molecule has 0 saturated carbocycles. The third-order valence-corrected chi connectivity index (χ3v) is 3.79. The molecule has 0 spiro atoms. The van der Waals surface area contributed by atoms with Gasteiger partial charge in [-0.05, 0) is 27.7 Å². The van der Waals surface area contributed by atoms with Gasteiger partial charge >= 0.3 is 11.8 Å². The van der Waals surface area contributed by atoms with Crippen LogP contribution in [0.2, 0.25) is 0 Å². The van der Waals surface area contributed by atoms with Gasteiger partial charge in [-0.2, -0.15) is 0 Å². The smallest absolute Gasteiger partial charge is 0.312 e. The third kappa shape index (κ3) is 2.81. The summed E-state index contributed by atoms with van der Waals surface area (Å²) in [5.74, 6) is -0.947. The predicted octanol–water partition coefficient (Wildman–Crippen LogP) is -0.871. The zero-order valence-corrected chi connectivity index (χ0v) is 11.6. The fraction of sp³-hybridized carbons (Fsp3) is 0.833. The van der Waals surface area contributed by atoms with Gasteiger partial charge in [-0.3, -0.25) is 9.59 Å². The number of nitrogens with zero attached hydrogens (tertiary/aromatic N) is 2. The maximum atomic E-state index is 12.0. The summed E-state index contributed by atoms with van der Waals surface area (Å²) in [4.78, 5) is 27.2. The molecule has 104 valence electrons. The summed E-state index contributed by atoms with van der Waals surface area (Å²) >= 11 is 0. The predicted molar refractivity (Wildman–Crippen MR) is 69.6 cm³/mol. The normalized spacial score (nSPS) is 23.9. The van der Waals surface area contributed by atoms with Crippen LogP contribution in [0.3, 0.4) is 0 Å². The van der Waals surface area contributed by atoms with E-state index in [2.05, 4.69) is 0 Å². The Balaban J connectivity index is 2.78. The highest BCUT2D eigenvalue weighted by molar-refractivity contribution is 6.35. The molecule has 1 fully saturated rings. The van der Waals surface area contributed by atoms with Gasteiger partial charge in [0.25, 0.3) is 0 Å². The average Bonchev–Trinajstić information content (AvgIpc) is 2.30. The van der Waals surface area contributed by atoms with Gasteiger partial charge in [0, 0.05) is 37.3 Å². The quantitative estimate of drug-likeness (QED) is 0.639. The van der Waals surface area contributed by atoms with Gasteiger partial charge in [0.2, 0.25) is 0 Å². The molecule has 6 heteroatoms. The molecule has 1 saturated heterocycles. The molecule has 1 rings (SSSR count). The van der Waals surface area contributed by atoms with E-state index in [-0.39, 0.29) is 24.2 Å². The van der Waals surface area contributed by atoms with Crippen molar-refractivity contribution < 1.29 is 9.59 Å². The molecule has 2 amide bonds. The zero-order chi connectivity index (χ0) is 14.0. The van der Waals surface area contributed by atoms with Gasteiger partial charge in [0.05, 0.1) is 0 Å². The average molecular weight is 256 g/mol. The third-order valence-electron chi connectivity index (χ3n) is 3.79. The minimum Gasteiger partial charge on any atom is -0.328 e. The Morgan fingerprint density at radius 2 is 1.11 bits per heavy atom. The summed E-state index contributed by atoms with van der Waals surface area (Å²) in [7, 11) is 0. The van der Waals surface area contributed by atoms with Crippen LogP contribution >= 0.6 is 0 Å². The molecule has 4 atom stereocenters. The van der Waals surface area contributed by atoms with Gasteiger partial charge in [-0.1, -0.05) is 0 Å². The van der Waals surface area contributed by atoms with E-state index in [1.807, 2.05) is 27.7 Å². The van der Waals surface area contributed by atoms with E-state index >= 15 is 0 Å². The molecule has 0 aromatic rings. The Bertz CT molecular complexity index is 298. The molecular formula is C12H24N4O2. The fourth-order valence-electron chi connectivity index (χ4n) is 2.01. The van der Waals surface area contributed by atoms with Gasteiger partial charge < -0.3 is 21.3 Å². The lowest BCUT2D eigenvalue weighted by Crippen LogP contribution is -2.63. The number of piperazine rings is 1. The standard InChI is InChI=1S/C12H24N4O2/c1-7(13)9(3)15-5-6-16(10(4)8(2)14)12(18)11(15)17/h7-10H,5-6,13-14H2,1-4H3. The van der Waals surface area contributed by atoms with Crippen molar-refractivity contribution in [3.63, 3.8) is 0 Å². The van der Waals surface area contributed by atoms with Gasteiger partial charge in [-0.25, -0.2) is 0 Å². The number of hydrogen-bond acceptors (Lipinski definition) is 4. The lowest BCUT2D eigenvalue weighted by atomic mass is 10.1. The van der Waals surface area contributed by atoms with Gasteiger partial charge in [-0.15, -0.1) is 0 Å². The van der Waals surface area contributed by atoms with Crippen LogP contribution < -0.4 is 11.5 Å². The van der Waals surface area contributed by atoms with E-state index in [0.717, 1.165) is 0 Å². The van der Waals surface area contributed by atoms with Crippen LogP contribution in [0.5, 0.6) is 0 Å². The number of hydrogen-bond donors (Lipinski definition) is 2. The monoisotopic (exact) mass is 256 g/mol. The molecule has 1 aliphatic rings. The number of amides is 2. The molecule has 4 N–H and O–H groups in total. The number of nitrogens with two attached hydrogens (primary N) is 2. The highest BCUT2D eigenvalue weighted by Gasteiger charge is 2.38. The summed E-state index contributed by atoms with van der Waals surface area (Å²) in [6.07, 6.45) is 0. The molecular weight excluding hydrogens is 232 g/mol. The van der Waals surface area contributed by atoms with Crippen LogP contribution in [0.1, 0.15) is 27.7 Å². The summed E-state index contributed by atoms with van der Waals surface area (Å²) in [5.41, 5.74) is 11.6. The van der Waals surface area contributed by atoms with Crippen molar-refractivity contribution in [2.75, 3.05) is 13.1 Å². The summed E-state index contributed by atoms with van der Waals surface area (Å²) in [6.45, 7) is 8.43. The first kappa shape index (κ1) is 14.9. The molecule has 0 aromatic heterocycles. The van der Waals surface area contributed by atoms with Crippen molar-refractivity contribution in [1.82, 2.24) is 9.80 Å². The highest BCUT2D eigenvalue weighted by atomic mass is 16.2. The molecule has 0 aliphatic carbocycles. The lowest BCUT2D eigenvalue weighted by molar-refractivity contribution is -0.159. The summed E-state index contributed by atoms with van der Waals surface area (Å²) in [6, 6.07) is -0.568. The maximum absolute atomic E-state index is 12.0. The Kier molecular flexibility index (Phi) is 4.70. The number of carbonyl (C=O) groups is 2. The molecule has 0 bridgehead atoms. The maximum Gasteiger partial charge on any atom is 0.312 e. The Hall–Kier alpha value is -1.14. The van der Waals surface area contributed by atoms with Crippen LogP contribution in [0, 0.1) is 0 Å². The second-order valence-electron chi connectivity index (χ2n) is 5.20. The van der Waals surface area contributed by atoms with Crippen LogP contribution in [-0.2, 0) is 9.59 Å². The van der Waals surface area contributed by atoms with E-state index in [1.54, 1.807) is 9.80 Å². The second-order valence-corrected chi connectivity index (χ2v) is 5.20. The van der Waals surface area contributed by atoms with E-state index in [1.165, 1.54) is 0 Å². The van der Waals surface area contributed by atoms with E-state index in [0.29, 0.717) is 13.1 Å². The summed E-state index contributed by atoms with van der Waals surface area (Å²) < 4.78 is 0. The van der Waals surface area contributed by atoms with Crippen LogP contribution in [0.25, 0.3) is 0 Å². The summed E-state index contributed by atoms with van der Waals surface area (Å²) in [5, 5.41) is 0. The van der Waals surface area contributed by atoms with Crippen molar-refractivity contribution in [3.8, 4) is 0 Å². The Morgan fingerprint density at radius 3 is 1.33 bits per heavy atom. The zero-order valence-electron chi connectivity index (χ0n) is 11.6. The number of rotatable bonds is 4. The van der Waals surface area contributed by atoms with Gasteiger partial charge in [0.1, 0.15) is 0 Å². The topological polar surface area (TPSA) is 92.7 Å². The van der Waals surface area contributed by atoms with E-state index in [4.69, 9.17) is 11.5 Å². The van der Waals surface area contributed by atoms with Crippen molar-refractivity contribution >= 4 is 11.8 Å². The fourth-order valence-corrected chi connectivity index (χ4v) is 2.01. The van der Waals surface area contributed by atoms with Crippen LogP contribution in [0.4, 0.5) is 0 Å². The molecule has 6 nitrogen and oxygen atoms in total. The minimum atomic E-state index is -0.474. The first-order valence-electron chi connectivity index (χ1n) is 6.40. The van der Waals surface area contributed by atoms with Crippen LogP contribution in [0.15, 0.2) is 0 Å². The van der Waals surface area contributed by atoms with Gasteiger partial charge in [0.15, 0.2) is 0 Å². The van der Waals surface area contributed by atoms with Crippen molar-refractivity contribution in [2.45, 2.75) is 51.9 Å². The Labute approximate surface area is 108 Å². The molecule has 4 unspecified atom stereocenters. The van der Waals surface area contributed by atoms with E-state index in [9.17, 15) is 9.59 Å². The molecule has 1 aliphatic heterocycles. The SMILES string of the molecule is CC(N)C(C)N1CCN(C(C)C(C)N)C(=O)C1=O. The molecule has 0 aromatic carbocycles. The first-order valence-corrected chi connectivity index (χ1v) is 6.40. The van der Waals surface area contributed by atoms with Crippen molar-refractivity contribution in [1.29, 1.82) is 0 Å². The largest absolute Gasteiger partial charge is 0.328 e. The van der Waals surface area contributed by atoms with Crippen molar-refractivity contribution in [2.24, 2.45) is 11.5 Å². The van der Waals surface area contributed by atoms with Crippen molar-refractivity contribution in [3.05, 3.63) is 0 Å². The van der Waals surface area contributed by atoms with Crippen LogP contribution in [-0.4, -0.2) is 58.9 Å². The molecule has 0 radical (unpaired) electrons. The lowest BCUT2D eigenvalue weighted by Gasteiger charge is -2.41. The highest BCUT2D eigenvalue weighted by Crippen LogP contribution is 2.14. The minimum absolute atomic E-state index is 0.130. The van der Waals surface area contributed by atoms with E-state index < -0.39 is 11.8 Å². The molecule has 18 heavy (non-hydrogen) atoms. The molecule has 1 heterocycles. The number of carbonyl (C=O) groups excluding carboxylic acids is 2.